The molecule has 3 aliphatic carbocycles. The molecular weight excluding hydrogens is 332 g/mol. The minimum absolute atomic E-state index is 0. The smallest absolute Gasteiger partial charge is 0.220 e. The minimum atomic E-state index is 0. The highest BCUT2D eigenvalue weighted by atomic mass is 35.5. The summed E-state index contributed by atoms with van der Waals surface area (Å²) in [5, 5.41) is 3.14. The number of carbonyl (C=O) groups is 1. The number of nitrogens with two attached hydrogens (primary N) is 1. The molecule has 2 bridgehead atoms. The highest BCUT2D eigenvalue weighted by Gasteiger charge is 2.42. The maximum absolute atomic E-state index is 12.0. The zero-order chi connectivity index (χ0) is 16.5. The topological polar surface area (TPSA) is 55.1 Å². The Morgan fingerprint density at radius 2 is 1.56 bits per heavy atom. The van der Waals surface area contributed by atoms with Crippen molar-refractivity contribution in [3.63, 3.8) is 0 Å². The van der Waals surface area contributed by atoms with Crippen LogP contribution in [-0.2, 0) is 4.79 Å². The summed E-state index contributed by atoms with van der Waals surface area (Å²) in [7, 11) is 0. The third-order valence-corrected chi connectivity index (χ3v) is 5.59. The standard InChI is InChI=1S/C21H24N2O.ClH/c22-11-5-10-20(24)23-13-14-12-19-15-6-1-3-8-17(15)21(14)18-9-4-2-7-16(18)19;/h1-4,6-9,14,19,21H,5,10-13,22H2,(H,23,24);1H. The van der Waals surface area contributed by atoms with Crippen molar-refractivity contribution < 1.29 is 4.79 Å². The second-order valence-electron chi connectivity index (χ2n) is 6.98. The number of rotatable bonds is 5. The number of hydrogen-bond acceptors (Lipinski definition) is 2. The lowest BCUT2D eigenvalue weighted by Gasteiger charge is -2.45. The van der Waals surface area contributed by atoms with Gasteiger partial charge in [0, 0.05) is 24.8 Å². The predicted octanol–water partition coefficient (Wildman–Crippen LogP) is 3.56. The van der Waals surface area contributed by atoms with Crippen LogP contribution >= 0.6 is 12.4 Å². The highest BCUT2D eigenvalue weighted by molar-refractivity contribution is 5.85. The van der Waals surface area contributed by atoms with Crippen molar-refractivity contribution in [2.45, 2.75) is 31.1 Å². The van der Waals surface area contributed by atoms with Gasteiger partial charge in [-0.2, -0.15) is 0 Å². The van der Waals surface area contributed by atoms with Crippen molar-refractivity contribution in [3.05, 3.63) is 70.8 Å². The Morgan fingerprint density at radius 1 is 1.00 bits per heavy atom. The van der Waals surface area contributed by atoms with Crippen LogP contribution in [0.5, 0.6) is 0 Å². The van der Waals surface area contributed by atoms with E-state index >= 15 is 0 Å². The Hall–Kier alpha value is -1.84. The van der Waals surface area contributed by atoms with E-state index < -0.39 is 0 Å². The summed E-state index contributed by atoms with van der Waals surface area (Å²) in [6.45, 7) is 1.33. The second kappa shape index (κ2) is 7.59. The van der Waals surface area contributed by atoms with E-state index in [0.29, 0.717) is 30.7 Å². The van der Waals surface area contributed by atoms with Crippen molar-refractivity contribution in [2.24, 2.45) is 11.7 Å². The lowest BCUT2D eigenvalue weighted by atomic mass is 9.59. The van der Waals surface area contributed by atoms with E-state index in [1.54, 1.807) is 0 Å². The first kappa shape index (κ1) is 18.0. The Kier molecular flexibility index (Phi) is 5.45. The molecule has 0 saturated carbocycles. The van der Waals surface area contributed by atoms with Gasteiger partial charge in [0.05, 0.1) is 0 Å². The average Bonchev–Trinajstić information content (AvgIpc) is 2.65. The summed E-state index contributed by atoms with van der Waals surface area (Å²) in [4.78, 5) is 12.0. The molecule has 2 aromatic carbocycles. The Morgan fingerprint density at radius 3 is 2.12 bits per heavy atom. The zero-order valence-electron chi connectivity index (χ0n) is 14.3. The molecule has 132 valence electrons. The molecule has 4 heteroatoms. The molecular formula is C21H25ClN2O. The van der Waals surface area contributed by atoms with Crippen LogP contribution in [0.25, 0.3) is 0 Å². The number of halogens is 1. The summed E-state index contributed by atoms with van der Waals surface area (Å²) >= 11 is 0. The van der Waals surface area contributed by atoms with E-state index in [9.17, 15) is 4.79 Å². The zero-order valence-corrected chi connectivity index (χ0v) is 15.1. The molecule has 3 aliphatic rings. The van der Waals surface area contributed by atoms with Gasteiger partial charge in [-0.1, -0.05) is 48.5 Å². The molecule has 0 fully saturated rings. The van der Waals surface area contributed by atoms with Gasteiger partial charge >= 0.3 is 0 Å². The molecule has 0 aromatic heterocycles. The summed E-state index contributed by atoms with van der Waals surface area (Å²) in [5.74, 6) is 1.47. The third kappa shape index (κ3) is 3.19. The number of fused-ring (bicyclic) bond motifs is 1. The Balaban J connectivity index is 0.00000182. The summed E-state index contributed by atoms with van der Waals surface area (Å²) in [6.07, 6.45) is 2.41. The molecule has 0 aliphatic heterocycles. The van der Waals surface area contributed by atoms with E-state index in [4.69, 9.17) is 5.73 Å². The quantitative estimate of drug-likeness (QED) is 0.860. The highest BCUT2D eigenvalue weighted by Crippen LogP contribution is 2.55. The fourth-order valence-corrected chi connectivity index (χ4v) is 4.56. The van der Waals surface area contributed by atoms with E-state index in [0.717, 1.165) is 19.4 Å². The maximum Gasteiger partial charge on any atom is 0.220 e. The van der Waals surface area contributed by atoms with Gasteiger partial charge in [0.1, 0.15) is 0 Å². The average molecular weight is 357 g/mol. The van der Waals surface area contributed by atoms with E-state index in [1.807, 2.05) is 0 Å². The molecule has 5 rings (SSSR count). The summed E-state index contributed by atoms with van der Waals surface area (Å²) in [5.41, 5.74) is 11.4. The van der Waals surface area contributed by atoms with Crippen LogP contribution in [0.2, 0.25) is 0 Å². The molecule has 3 nitrogen and oxygen atoms in total. The number of carbonyl (C=O) groups excluding carboxylic acids is 1. The fraction of sp³-hybridized carbons (Fsp3) is 0.381. The van der Waals surface area contributed by atoms with Gasteiger partial charge in [-0.05, 0) is 47.6 Å². The van der Waals surface area contributed by atoms with Gasteiger partial charge in [0.25, 0.3) is 0 Å². The first-order valence-corrected chi connectivity index (χ1v) is 8.94. The molecule has 0 saturated heterocycles. The van der Waals surface area contributed by atoms with Crippen molar-refractivity contribution in [2.75, 3.05) is 13.1 Å². The van der Waals surface area contributed by atoms with Gasteiger partial charge in [-0.3, -0.25) is 4.79 Å². The fourth-order valence-electron chi connectivity index (χ4n) is 4.56. The van der Waals surface area contributed by atoms with Gasteiger partial charge < -0.3 is 11.1 Å². The third-order valence-electron chi connectivity index (χ3n) is 5.59. The lowest BCUT2D eigenvalue weighted by Crippen LogP contribution is -2.39. The van der Waals surface area contributed by atoms with Crippen LogP contribution in [0.3, 0.4) is 0 Å². The van der Waals surface area contributed by atoms with Crippen LogP contribution < -0.4 is 11.1 Å². The maximum atomic E-state index is 12.0. The van der Waals surface area contributed by atoms with Gasteiger partial charge in [-0.15, -0.1) is 12.4 Å². The molecule has 3 N–H and O–H groups in total. The van der Waals surface area contributed by atoms with E-state index in [-0.39, 0.29) is 18.3 Å². The molecule has 2 aromatic rings. The number of hydrogen-bond donors (Lipinski definition) is 2. The Bertz CT molecular complexity index is 714. The van der Waals surface area contributed by atoms with Crippen LogP contribution in [0.4, 0.5) is 0 Å². The lowest BCUT2D eigenvalue weighted by molar-refractivity contribution is -0.121. The molecule has 25 heavy (non-hydrogen) atoms. The summed E-state index contributed by atoms with van der Waals surface area (Å²) < 4.78 is 0. The molecule has 0 radical (unpaired) electrons. The molecule has 0 heterocycles. The molecule has 0 spiro atoms. The van der Waals surface area contributed by atoms with Crippen LogP contribution in [0, 0.1) is 5.92 Å². The van der Waals surface area contributed by atoms with Crippen molar-refractivity contribution in [1.82, 2.24) is 5.32 Å². The van der Waals surface area contributed by atoms with Crippen LogP contribution in [0.1, 0.15) is 53.4 Å². The monoisotopic (exact) mass is 356 g/mol. The Labute approximate surface area is 155 Å². The predicted molar refractivity (Wildman–Crippen MR) is 103 cm³/mol. The molecule has 1 atom stereocenters. The largest absolute Gasteiger partial charge is 0.356 e. The van der Waals surface area contributed by atoms with Crippen molar-refractivity contribution in [3.8, 4) is 0 Å². The van der Waals surface area contributed by atoms with E-state index in [1.165, 1.54) is 22.3 Å². The first-order chi connectivity index (χ1) is 11.8. The number of benzene rings is 2. The van der Waals surface area contributed by atoms with Crippen LogP contribution in [-0.4, -0.2) is 19.0 Å². The van der Waals surface area contributed by atoms with Gasteiger partial charge in [0.2, 0.25) is 5.91 Å². The minimum Gasteiger partial charge on any atom is -0.356 e. The summed E-state index contributed by atoms with van der Waals surface area (Å²) in [6, 6.07) is 17.7. The first-order valence-electron chi connectivity index (χ1n) is 8.94. The van der Waals surface area contributed by atoms with E-state index in [2.05, 4.69) is 53.8 Å². The van der Waals surface area contributed by atoms with Gasteiger partial charge in [0.15, 0.2) is 0 Å². The van der Waals surface area contributed by atoms with Gasteiger partial charge in [-0.25, -0.2) is 0 Å². The number of amides is 1. The second-order valence-corrected chi connectivity index (χ2v) is 6.98. The number of nitrogens with one attached hydrogen (secondary N) is 1. The SMILES string of the molecule is Cl.NCCCC(=O)NCC1CC2c3ccccc3C1c1ccccc12. The van der Waals surface area contributed by atoms with Crippen LogP contribution in [0.15, 0.2) is 48.5 Å². The normalized spacial score (nSPS) is 22.5. The van der Waals surface area contributed by atoms with Crippen molar-refractivity contribution in [1.29, 1.82) is 0 Å². The molecule has 1 unspecified atom stereocenters. The molecule has 1 amide bonds. The van der Waals surface area contributed by atoms with Crippen molar-refractivity contribution >= 4 is 18.3 Å².